The second-order valence-electron chi connectivity index (χ2n) is 9.79. The van der Waals surface area contributed by atoms with E-state index in [4.69, 9.17) is 25.6 Å². The van der Waals surface area contributed by atoms with E-state index in [0.717, 1.165) is 6.07 Å². The smallest absolute Gasteiger partial charge is 0.417 e. The van der Waals surface area contributed by atoms with E-state index < -0.39 is 21.9 Å². The lowest BCUT2D eigenvalue weighted by Crippen LogP contribution is -2.12. The van der Waals surface area contributed by atoms with Crippen LogP contribution in [0, 0.1) is 0 Å². The monoisotopic (exact) mass is 603 g/mol. The molecule has 4 rings (SSSR count). The fourth-order valence-corrected chi connectivity index (χ4v) is 4.28. The Kier molecular flexibility index (Phi) is 9.19. The molecule has 0 atom stereocenters. The van der Waals surface area contributed by atoms with Gasteiger partial charge in [0.15, 0.2) is 11.5 Å². The molecule has 3 heterocycles. The zero-order chi connectivity index (χ0) is 30.0. The van der Waals surface area contributed by atoms with Crippen LogP contribution in [0.4, 0.5) is 13.2 Å². The van der Waals surface area contributed by atoms with Crippen molar-refractivity contribution in [3.8, 4) is 28.5 Å². The number of methoxy groups -OCH3 is 1. The van der Waals surface area contributed by atoms with E-state index in [-0.39, 0.29) is 28.9 Å². The molecule has 4 aromatic rings. The number of aryl methyl sites for hydroxylation is 1. The first kappa shape index (κ1) is 31.3. The summed E-state index contributed by atoms with van der Waals surface area (Å²) in [7, 11) is -0.389. The molecule has 0 spiro atoms. The van der Waals surface area contributed by atoms with Gasteiger partial charge in [-0.25, -0.2) is 9.97 Å². The molecule has 0 saturated carbocycles. The molecular formula is C25H29ClF3N5O5S. The molecule has 0 radical (unpaired) electrons. The second kappa shape index (κ2) is 11.7. The molecule has 2 N–H and O–H groups in total. The van der Waals surface area contributed by atoms with Crippen molar-refractivity contribution in [1.82, 2.24) is 24.7 Å². The molecule has 40 heavy (non-hydrogen) atoms. The molecule has 0 saturated heterocycles. The summed E-state index contributed by atoms with van der Waals surface area (Å²) in [5.74, 6) is 0.674. The third-order valence-electron chi connectivity index (χ3n) is 5.40. The number of hydrogen-bond donors (Lipinski definition) is 2. The summed E-state index contributed by atoms with van der Waals surface area (Å²) in [4.78, 5) is 12.2. The van der Waals surface area contributed by atoms with Gasteiger partial charge in [0.1, 0.15) is 23.6 Å². The highest BCUT2D eigenvalue weighted by Gasteiger charge is 2.34. The van der Waals surface area contributed by atoms with Crippen LogP contribution in [0.15, 0.2) is 30.3 Å². The predicted octanol–water partition coefficient (Wildman–Crippen LogP) is 5.52. The van der Waals surface area contributed by atoms with E-state index in [9.17, 15) is 21.6 Å². The van der Waals surface area contributed by atoms with Gasteiger partial charge >= 0.3 is 6.18 Å². The van der Waals surface area contributed by atoms with Gasteiger partial charge in [0, 0.05) is 31.2 Å². The topological polar surface area (TPSA) is 132 Å². The highest BCUT2D eigenvalue weighted by atomic mass is 35.5. The van der Waals surface area contributed by atoms with Gasteiger partial charge in [0.2, 0.25) is 0 Å². The van der Waals surface area contributed by atoms with Crippen LogP contribution < -0.4 is 4.74 Å². The minimum absolute atomic E-state index is 0.0726. The van der Waals surface area contributed by atoms with Gasteiger partial charge in [-0.3, -0.25) is 9.23 Å². The average molecular weight is 604 g/mol. The number of halogens is 4. The number of nitrogens with zero attached hydrogens (tertiary/aromatic N) is 4. The molecule has 0 amide bonds. The van der Waals surface area contributed by atoms with Crippen LogP contribution in [0.25, 0.3) is 33.9 Å². The number of H-pyrrole nitrogens is 1. The maximum absolute atomic E-state index is 13.7. The van der Waals surface area contributed by atoms with Crippen molar-refractivity contribution in [3.63, 3.8) is 0 Å². The lowest BCUT2D eigenvalue weighted by atomic mass is 9.92. The van der Waals surface area contributed by atoms with Crippen molar-refractivity contribution >= 4 is 32.9 Å². The number of alkyl halides is 3. The van der Waals surface area contributed by atoms with Gasteiger partial charge in [0.25, 0.3) is 10.1 Å². The minimum atomic E-state index is -4.55. The Morgan fingerprint density at radius 3 is 2.30 bits per heavy atom. The van der Waals surface area contributed by atoms with Crippen molar-refractivity contribution in [3.05, 3.63) is 46.6 Å². The summed E-state index contributed by atoms with van der Waals surface area (Å²) in [5, 5.41) is 4.98. The number of pyridine rings is 1. The highest BCUT2D eigenvalue weighted by Crippen LogP contribution is 2.40. The number of hydrogen-bond acceptors (Lipinski definition) is 7. The van der Waals surface area contributed by atoms with Gasteiger partial charge in [-0.1, -0.05) is 50.6 Å². The Hall–Kier alpha value is -3.20. The molecule has 3 aromatic heterocycles. The van der Waals surface area contributed by atoms with E-state index in [1.54, 1.807) is 11.7 Å². The Bertz CT molecular complexity index is 1600. The van der Waals surface area contributed by atoms with Crippen LogP contribution >= 0.6 is 11.6 Å². The summed E-state index contributed by atoms with van der Waals surface area (Å²) < 4.78 is 79.4. The number of benzene rings is 1. The molecule has 0 aliphatic carbocycles. The molecule has 10 nitrogen and oxygen atoms in total. The second-order valence-corrected chi connectivity index (χ2v) is 11.6. The number of imidazole rings is 1. The van der Waals surface area contributed by atoms with E-state index in [0.29, 0.717) is 46.4 Å². The van der Waals surface area contributed by atoms with Crippen LogP contribution in [-0.2, 0) is 33.5 Å². The molecule has 0 aliphatic heterocycles. The SMILES string of the molecule is COCCOc1cc(-c2ccccc2C(F)(F)F)nc2nc(-c3c(Cl)c(C(C)(C)C)nn3C)[nH]c12.CS(=O)(=O)O. The van der Waals surface area contributed by atoms with Gasteiger partial charge in [-0.2, -0.15) is 26.7 Å². The maximum atomic E-state index is 13.7. The third kappa shape index (κ3) is 7.50. The van der Waals surface area contributed by atoms with E-state index in [1.807, 2.05) is 20.8 Å². The van der Waals surface area contributed by atoms with E-state index >= 15 is 0 Å². The summed E-state index contributed by atoms with van der Waals surface area (Å²) in [6.45, 7) is 6.47. The van der Waals surface area contributed by atoms with E-state index in [1.165, 1.54) is 31.4 Å². The van der Waals surface area contributed by atoms with Crippen LogP contribution in [-0.4, -0.2) is 64.3 Å². The maximum Gasteiger partial charge on any atom is 0.417 e. The summed E-state index contributed by atoms with van der Waals surface area (Å²) >= 11 is 6.68. The zero-order valence-electron chi connectivity index (χ0n) is 22.6. The minimum Gasteiger partial charge on any atom is -0.489 e. The summed E-state index contributed by atoms with van der Waals surface area (Å²) in [6, 6.07) is 6.73. The van der Waals surface area contributed by atoms with Crippen molar-refractivity contribution in [2.75, 3.05) is 26.6 Å². The van der Waals surface area contributed by atoms with Gasteiger partial charge in [0.05, 0.1) is 34.8 Å². The fourth-order valence-electron chi connectivity index (χ4n) is 3.75. The first-order valence-electron chi connectivity index (χ1n) is 11.8. The first-order chi connectivity index (χ1) is 18.4. The number of rotatable bonds is 6. The fraction of sp³-hybridized carbons (Fsp3) is 0.400. The average Bonchev–Trinajstić information content (AvgIpc) is 3.37. The van der Waals surface area contributed by atoms with Crippen LogP contribution in [0.3, 0.4) is 0 Å². The zero-order valence-corrected chi connectivity index (χ0v) is 24.2. The summed E-state index contributed by atoms with van der Waals surface area (Å²) in [5.41, 5.74) is 0.765. The number of ether oxygens (including phenoxy) is 2. The molecule has 0 aliphatic rings. The number of fused-ring (bicyclic) bond motifs is 1. The Balaban J connectivity index is 0.000000810. The van der Waals surface area contributed by atoms with Gasteiger partial charge < -0.3 is 14.5 Å². The summed E-state index contributed by atoms with van der Waals surface area (Å²) in [6.07, 6.45) is -3.83. The van der Waals surface area contributed by atoms with Crippen molar-refractivity contribution in [2.45, 2.75) is 32.4 Å². The predicted molar refractivity (Wildman–Crippen MR) is 145 cm³/mol. The molecule has 1 aromatic carbocycles. The Morgan fingerprint density at radius 1 is 1.12 bits per heavy atom. The molecule has 0 bridgehead atoms. The van der Waals surface area contributed by atoms with Crippen LogP contribution in [0.5, 0.6) is 5.75 Å². The van der Waals surface area contributed by atoms with E-state index in [2.05, 4.69) is 20.1 Å². The number of nitrogens with one attached hydrogen (secondary N) is 1. The third-order valence-corrected chi connectivity index (χ3v) is 5.76. The standard InChI is InChI=1S/C24H25ClF3N5O2.CH4O3S/c1-23(2,3)20-17(25)19(33(4)32-20)22-30-18-16(35-11-10-34-5)12-15(29-21(18)31-22)13-8-6-7-9-14(13)24(26,27)28;1-5(2,3)4/h6-9,12H,10-11H2,1-5H3,(H,29,30,31);1H3,(H,2,3,4). The normalized spacial score (nSPS) is 12.4. The first-order valence-corrected chi connectivity index (χ1v) is 14.0. The lowest BCUT2D eigenvalue weighted by Gasteiger charge is -2.15. The molecule has 15 heteroatoms. The van der Waals surface area contributed by atoms with Crippen molar-refractivity contribution in [2.24, 2.45) is 7.05 Å². The quantitative estimate of drug-likeness (QED) is 0.217. The van der Waals surface area contributed by atoms with Gasteiger partial charge in [-0.05, 0) is 6.07 Å². The molecule has 0 fully saturated rings. The number of aromatic nitrogens is 5. The Labute approximate surface area is 234 Å². The molecule has 218 valence electrons. The van der Waals surface area contributed by atoms with Gasteiger partial charge in [-0.15, -0.1) is 0 Å². The van der Waals surface area contributed by atoms with Crippen LogP contribution in [0.2, 0.25) is 5.02 Å². The molecular weight excluding hydrogens is 575 g/mol. The van der Waals surface area contributed by atoms with Crippen LogP contribution in [0.1, 0.15) is 32.0 Å². The molecule has 0 unspecified atom stereocenters. The Morgan fingerprint density at radius 2 is 1.75 bits per heavy atom. The van der Waals surface area contributed by atoms with Crippen molar-refractivity contribution < 1.29 is 35.6 Å². The largest absolute Gasteiger partial charge is 0.489 e. The van der Waals surface area contributed by atoms with Crippen molar-refractivity contribution in [1.29, 1.82) is 0 Å². The highest BCUT2D eigenvalue weighted by molar-refractivity contribution is 7.85. The lowest BCUT2D eigenvalue weighted by molar-refractivity contribution is -0.137. The number of aromatic amines is 1.